The first kappa shape index (κ1) is 11.8. The van der Waals surface area contributed by atoms with Crippen molar-refractivity contribution in [1.29, 1.82) is 0 Å². The molecule has 2 N–H and O–H groups in total. The van der Waals surface area contributed by atoms with Crippen LogP contribution in [0.25, 0.3) is 11.6 Å². The van der Waals surface area contributed by atoms with Gasteiger partial charge in [0.05, 0.1) is 0 Å². The van der Waals surface area contributed by atoms with Crippen molar-refractivity contribution in [2.24, 2.45) is 0 Å². The van der Waals surface area contributed by atoms with Crippen LogP contribution in [-0.2, 0) is 4.79 Å². The fraction of sp³-hybridized carbons (Fsp3) is 0. The van der Waals surface area contributed by atoms with E-state index in [1.807, 2.05) is 6.07 Å². The summed E-state index contributed by atoms with van der Waals surface area (Å²) in [6.07, 6.45) is 1.73. The topological polar surface area (TPSA) is 49.3 Å². The number of carbonyl (C=O) groups excluding carboxylic acids is 1. The van der Waals surface area contributed by atoms with Gasteiger partial charge in [-0.05, 0) is 42.0 Å². The molecule has 94 valence electrons. The zero-order chi connectivity index (χ0) is 13.4. The summed E-state index contributed by atoms with van der Waals surface area (Å²) in [5.74, 6) is -0.000294. The van der Waals surface area contributed by atoms with E-state index in [2.05, 4.69) is 5.32 Å². The van der Waals surface area contributed by atoms with Gasteiger partial charge in [-0.2, -0.15) is 0 Å². The number of carbonyl (C=O) groups is 1. The first-order valence-electron chi connectivity index (χ1n) is 5.75. The number of benzene rings is 2. The Labute approximate surface area is 115 Å². The molecule has 0 fully saturated rings. The number of halogens is 1. The van der Waals surface area contributed by atoms with Gasteiger partial charge in [-0.1, -0.05) is 23.7 Å². The second kappa shape index (κ2) is 4.44. The molecule has 0 aromatic heterocycles. The fourth-order valence-corrected chi connectivity index (χ4v) is 2.26. The quantitative estimate of drug-likeness (QED) is 0.780. The van der Waals surface area contributed by atoms with Crippen molar-refractivity contribution in [2.45, 2.75) is 0 Å². The molecule has 0 atom stereocenters. The van der Waals surface area contributed by atoms with E-state index < -0.39 is 0 Å². The van der Waals surface area contributed by atoms with Crippen LogP contribution >= 0.6 is 11.6 Å². The highest BCUT2D eigenvalue weighted by Gasteiger charge is 2.24. The number of anilines is 1. The monoisotopic (exact) mass is 271 g/mol. The molecule has 0 saturated carbocycles. The third-order valence-corrected chi connectivity index (χ3v) is 3.18. The molecule has 1 amide bonds. The fourth-order valence-electron chi connectivity index (χ4n) is 2.08. The molecule has 0 aliphatic carbocycles. The Balaban J connectivity index is 2.11. The van der Waals surface area contributed by atoms with Gasteiger partial charge >= 0.3 is 0 Å². The van der Waals surface area contributed by atoms with Gasteiger partial charge < -0.3 is 10.4 Å². The molecule has 1 heterocycles. The van der Waals surface area contributed by atoms with E-state index in [9.17, 15) is 9.90 Å². The molecule has 0 unspecified atom stereocenters. The summed E-state index contributed by atoms with van der Waals surface area (Å²) >= 11 is 5.96. The standard InChI is InChI=1S/C15H10ClNO2/c16-10-4-5-14-12(8-10)13(15(19)17-14)7-9-2-1-3-11(18)6-9/h1-8,18H,(H,17,19). The van der Waals surface area contributed by atoms with Crippen LogP contribution in [0.1, 0.15) is 11.1 Å². The SMILES string of the molecule is O=C1Nc2ccc(Cl)cc2C1=Cc1cccc(O)c1. The van der Waals surface area contributed by atoms with E-state index in [0.29, 0.717) is 10.6 Å². The van der Waals surface area contributed by atoms with Gasteiger partial charge in [-0.3, -0.25) is 4.79 Å². The molecule has 0 radical (unpaired) electrons. The zero-order valence-electron chi connectivity index (χ0n) is 9.85. The first-order chi connectivity index (χ1) is 9.13. The summed E-state index contributed by atoms with van der Waals surface area (Å²) in [6.45, 7) is 0. The molecule has 19 heavy (non-hydrogen) atoms. The van der Waals surface area contributed by atoms with Gasteiger partial charge in [0.1, 0.15) is 5.75 Å². The third-order valence-electron chi connectivity index (χ3n) is 2.95. The maximum Gasteiger partial charge on any atom is 0.256 e. The number of fused-ring (bicyclic) bond motifs is 1. The summed E-state index contributed by atoms with van der Waals surface area (Å²) in [5, 5.41) is 12.8. The minimum absolute atomic E-state index is 0.166. The lowest BCUT2D eigenvalue weighted by Gasteiger charge is -2.00. The smallest absolute Gasteiger partial charge is 0.256 e. The van der Waals surface area contributed by atoms with Crippen molar-refractivity contribution >= 4 is 34.8 Å². The predicted octanol–water partition coefficient (Wildman–Crippen LogP) is 3.54. The molecule has 0 spiro atoms. The van der Waals surface area contributed by atoms with E-state index in [1.165, 1.54) is 0 Å². The maximum atomic E-state index is 11.9. The van der Waals surface area contributed by atoms with E-state index in [-0.39, 0.29) is 11.7 Å². The molecule has 4 heteroatoms. The second-order valence-corrected chi connectivity index (χ2v) is 4.73. The molecule has 0 bridgehead atoms. The Hall–Kier alpha value is -2.26. The molecule has 3 nitrogen and oxygen atoms in total. The highest BCUT2D eigenvalue weighted by molar-refractivity contribution is 6.36. The van der Waals surface area contributed by atoms with E-state index >= 15 is 0 Å². The molecule has 3 rings (SSSR count). The van der Waals surface area contributed by atoms with Crippen LogP contribution in [0.2, 0.25) is 5.02 Å². The number of amides is 1. The number of aromatic hydroxyl groups is 1. The first-order valence-corrected chi connectivity index (χ1v) is 6.13. The lowest BCUT2D eigenvalue weighted by atomic mass is 10.0. The molecule has 1 aliphatic heterocycles. The summed E-state index contributed by atoms with van der Waals surface area (Å²) in [7, 11) is 0. The van der Waals surface area contributed by atoms with Crippen LogP contribution in [0.4, 0.5) is 5.69 Å². The minimum Gasteiger partial charge on any atom is -0.508 e. The largest absolute Gasteiger partial charge is 0.508 e. The van der Waals surface area contributed by atoms with Gasteiger partial charge in [-0.15, -0.1) is 0 Å². The van der Waals surface area contributed by atoms with Crippen LogP contribution in [-0.4, -0.2) is 11.0 Å². The van der Waals surface area contributed by atoms with Crippen LogP contribution in [0, 0.1) is 0 Å². The van der Waals surface area contributed by atoms with Crippen molar-refractivity contribution in [2.75, 3.05) is 5.32 Å². The lowest BCUT2D eigenvalue weighted by molar-refractivity contribution is -0.110. The second-order valence-electron chi connectivity index (χ2n) is 4.30. The van der Waals surface area contributed by atoms with Gasteiger partial charge in [0.25, 0.3) is 5.91 Å². The lowest BCUT2D eigenvalue weighted by Crippen LogP contribution is -2.03. The number of phenols is 1. The molecule has 1 aliphatic rings. The summed E-state index contributed by atoms with van der Waals surface area (Å²) in [4.78, 5) is 11.9. The van der Waals surface area contributed by atoms with Crippen molar-refractivity contribution in [3.63, 3.8) is 0 Å². The summed E-state index contributed by atoms with van der Waals surface area (Å²) in [6, 6.07) is 12.0. The Morgan fingerprint density at radius 2 is 2.00 bits per heavy atom. The number of hydrogen-bond acceptors (Lipinski definition) is 2. The molecular formula is C15H10ClNO2. The molecule has 2 aromatic rings. The molecular weight excluding hydrogens is 262 g/mol. The Kier molecular flexibility index (Phi) is 2.76. The van der Waals surface area contributed by atoms with Gasteiger partial charge in [0.2, 0.25) is 0 Å². The number of hydrogen-bond donors (Lipinski definition) is 2. The van der Waals surface area contributed by atoms with Crippen LogP contribution < -0.4 is 5.32 Å². The minimum atomic E-state index is -0.166. The Morgan fingerprint density at radius 3 is 2.79 bits per heavy atom. The summed E-state index contributed by atoms with van der Waals surface area (Å²) < 4.78 is 0. The van der Waals surface area contributed by atoms with Gasteiger partial charge in [0.15, 0.2) is 0 Å². The van der Waals surface area contributed by atoms with E-state index in [0.717, 1.165) is 16.8 Å². The molecule has 2 aromatic carbocycles. The number of rotatable bonds is 1. The van der Waals surface area contributed by atoms with E-state index in [1.54, 1.807) is 42.5 Å². The van der Waals surface area contributed by atoms with Crippen LogP contribution in [0.3, 0.4) is 0 Å². The maximum absolute atomic E-state index is 11.9. The highest BCUT2D eigenvalue weighted by atomic mass is 35.5. The highest BCUT2D eigenvalue weighted by Crippen LogP contribution is 2.35. The van der Waals surface area contributed by atoms with Gasteiger partial charge in [0, 0.05) is 21.8 Å². The number of nitrogens with one attached hydrogen (secondary N) is 1. The predicted molar refractivity (Wildman–Crippen MR) is 76.1 cm³/mol. The summed E-state index contributed by atoms with van der Waals surface area (Å²) in [5.41, 5.74) is 2.84. The van der Waals surface area contributed by atoms with E-state index in [4.69, 9.17) is 11.6 Å². The van der Waals surface area contributed by atoms with Crippen molar-refractivity contribution < 1.29 is 9.90 Å². The van der Waals surface area contributed by atoms with Crippen LogP contribution in [0.5, 0.6) is 5.75 Å². The van der Waals surface area contributed by atoms with Crippen molar-refractivity contribution in [1.82, 2.24) is 0 Å². The van der Waals surface area contributed by atoms with Crippen molar-refractivity contribution in [3.05, 3.63) is 58.6 Å². The average molecular weight is 272 g/mol. The number of phenolic OH excluding ortho intramolecular Hbond substituents is 1. The zero-order valence-corrected chi connectivity index (χ0v) is 10.6. The molecule has 0 saturated heterocycles. The average Bonchev–Trinajstić information content (AvgIpc) is 2.66. The van der Waals surface area contributed by atoms with Crippen molar-refractivity contribution in [3.8, 4) is 5.75 Å². The third kappa shape index (κ3) is 2.20. The van der Waals surface area contributed by atoms with Gasteiger partial charge in [-0.25, -0.2) is 0 Å². The van der Waals surface area contributed by atoms with Crippen LogP contribution in [0.15, 0.2) is 42.5 Å². The Morgan fingerprint density at radius 1 is 1.16 bits per heavy atom. The normalized spacial score (nSPS) is 15.4. The Bertz CT molecular complexity index is 707.